The lowest BCUT2D eigenvalue weighted by atomic mass is 9.54. The lowest BCUT2D eigenvalue weighted by molar-refractivity contribution is -0.00692. The molecule has 0 heterocycles. The Morgan fingerprint density at radius 3 is 2.27 bits per heavy atom. The van der Waals surface area contributed by atoms with Crippen LogP contribution in [0.2, 0.25) is 0 Å². The molecule has 0 unspecified atom stereocenters. The fraction of sp³-hybridized carbons (Fsp3) is 0.455. The van der Waals surface area contributed by atoms with Gasteiger partial charge in [-0.2, -0.15) is 0 Å². The summed E-state index contributed by atoms with van der Waals surface area (Å²) in [6.45, 7) is 0. The van der Waals surface area contributed by atoms with E-state index in [0.29, 0.717) is 16.7 Å². The van der Waals surface area contributed by atoms with E-state index >= 15 is 0 Å². The van der Waals surface area contributed by atoms with E-state index in [1.165, 1.54) is 32.1 Å². The zero-order valence-corrected chi connectivity index (χ0v) is 15.6. The Morgan fingerprint density at radius 1 is 0.885 bits per heavy atom. The molecule has 134 valence electrons. The van der Waals surface area contributed by atoms with E-state index in [1.54, 1.807) is 0 Å². The van der Waals surface area contributed by atoms with Crippen molar-refractivity contribution in [3.05, 3.63) is 48.0 Å². The average Bonchev–Trinajstić information content (AvgIpc) is 2.63. The van der Waals surface area contributed by atoms with Crippen LogP contribution in [-0.4, -0.2) is 17.1 Å². The molecule has 0 spiro atoms. The summed E-state index contributed by atoms with van der Waals surface area (Å²) in [7, 11) is 0. The van der Waals surface area contributed by atoms with Gasteiger partial charge in [0.05, 0.1) is 0 Å². The van der Waals surface area contributed by atoms with Crippen LogP contribution in [0.3, 0.4) is 0 Å². The van der Waals surface area contributed by atoms with Crippen molar-refractivity contribution >= 4 is 34.0 Å². The number of thiocarbonyl (C=S) groups is 1. The molecule has 4 aliphatic rings. The van der Waals surface area contributed by atoms with Gasteiger partial charge in [0.2, 0.25) is 0 Å². The zero-order chi connectivity index (χ0) is 17.7. The van der Waals surface area contributed by atoms with Crippen LogP contribution < -0.4 is 10.6 Å². The normalized spacial score (nSPS) is 31.8. The molecule has 4 fully saturated rings. The summed E-state index contributed by atoms with van der Waals surface area (Å²) in [5.41, 5.74) is 0.678. The number of carbonyl (C=O) groups is 1. The lowest BCUT2D eigenvalue weighted by Gasteiger charge is -2.54. The Labute approximate surface area is 159 Å². The van der Waals surface area contributed by atoms with Gasteiger partial charge in [-0.25, -0.2) is 0 Å². The van der Waals surface area contributed by atoms with E-state index in [4.69, 9.17) is 12.2 Å². The van der Waals surface area contributed by atoms with Crippen LogP contribution in [0.5, 0.6) is 0 Å². The maximum atomic E-state index is 12.8. The van der Waals surface area contributed by atoms with Gasteiger partial charge in [0.1, 0.15) is 0 Å². The summed E-state index contributed by atoms with van der Waals surface area (Å²) < 4.78 is 0. The SMILES string of the molecule is O=C(NC(=S)NC1C2CC3CC(C2)CC1C3)c1cccc2ccccc12. The van der Waals surface area contributed by atoms with Crippen LogP contribution in [-0.2, 0) is 0 Å². The Morgan fingerprint density at radius 2 is 1.54 bits per heavy atom. The first-order valence-electron chi connectivity index (χ1n) is 9.77. The third-order valence-electron chi connectivity index (χ3n) is 6.79. The fourth-order valence-electron chi connectivity index (χ4n) is 5.94. The minimum atomic E-state index is -0.122. The summed E-state index contributed by atoms with van der Waals surface area (Å²) in [5.74, 6) is 3.23. The van der Waals surface area contributed by atoms with Gasteiger partial charge >= 0.3 is 0 Å². The molecule has 3 nitrogen and oxygen atoms in total. The molecule has 2 aromatic rings. The number of hydrogen-bond donors (Lipinski definition) is 2. The molecule has 0 radical (unpaired) electrons. The van der Waals surface area contributed by atoms with Gasteiger partial charge in [-0.15, -0.1) is 0 Å². The standard InChI is InChI=1S/C22H24N2OS/c25-21(19-7-3-5-15-4-1-2-6-18(15)19)24-22(26)23-20-16-9-13-8-14(11-16)12-17(20)10-13/h1-7,13-14,16-17,20H,8-12H2,(H2,23,24,25,26). The predicted octanol–water partition coefficient (Wildman–Crippen LogP) is 4.27. The molecule has 4 aliphatic carbocycles. The molecule has 0 atom stereocenters. The summed E-state index contributed by atoms with van der Waals surface area (Å²) in [6, 6.07) is 14.2. The Kier molecular flexibility index (Phi) is 3.96. The van der Waals surface area contributed by atoms with Gasteiger partial charge in [0, 0.05) is 11.6 Å². The monoisotopic (exact) mass is 364 g/mol. The molecule has 4 saturated carbocycles. The van der Waals surface area contributed by atoms with Crippen molar-refractivity contribution in [2.45, 2.75) is 38.1 Å². The smallest absolute Gasteiger partial charge is 0.258 e. The summed E-state index contributed by atoms with van der Waals surface area (Å²) in [4.78, 5) is 12.8. The first-order chi connectivity index (χ1) is 12.7. The first kappa shape index (κ1) is 16.2. The predicted molar refractivity (Wildman–Crippen MR) is 108 cm³/mol. The van der Waals surface area contributed by atoms with Crippen molar-refractivity contribution in [3.63, 3.8) is 0 Å². The molecule has 6 rings (SSSR count). The van der Waals surface area contributed by atoms with Crippen molar-refractivity contribution < 1.29 is 4.79 Å². The van der Waals surface area contributed by atoms with Crippen LogP contribution in [0.15, 0.2) is 42.5 Å². The highest BCUT2D eigenvalue weighted by Gasteiger charge is 2.48. The van der Waals surface area contributed by atoms with Gasteiger partial charge in [0.25, 0.3) is 5.91 Å². The lowest BCUT2D eigenvalue weighted by Crippen LogP contribution is -2.57. The quantitative estimate of drug-likeness (QED) is 0.782. The molecule has 0 aromatic heterocycles. The van der Waals surface area contributed by atoms with Gasteiger partial charge < -0.3 is 5.32 Å². The average molecular weight is 365 g/mol. The molecule has 4 heteroatoms. The molecule has 26 heavy (non-hydrogen) atoms. The van der Waals surface area contributed by atoms with Crippen molar-refractivity contribution in [2.75, 3.05) is 0 Å². The second-order valence-electron chi connectivity index (χ2n) is 8.41. The molecular formula is C22H24N2OS. The van der Waals surface area contributed by atoms with Gasteiger partial charge in [0.15, 0.2) is 5.11 Å². The van der Waals surface area contributed by atoms with Crippen LogP contribution >= 0.6 is 12.2 Å². The number of nitrogens with one attached hydrogen (secondary N) is 2. The van der Waals surface area contributed by atoms with E-state index in [0.717, 1.165) is 34.4 Å². The Hall–Kier alpha value is -1.94. The highest BCUT2D eigenvalue weighted by Crippen LogP contribution is 2.53. The van der Waals surface area contributed by atoms with Crippen LogP contribution in [0.1, 0.15) is 42.5 Å². The highest BCUT2D eigenvalue weighted by atomic mass is 32.1. The molecule has 0 saturated heterocycles. The third kappa shape index (κ3) is 2.81. The molecule has 4 bridgehead atoms. The van der Waals surface area contributed by atoms with E-state index in [9.17, 15) is 4.79 Å². The largest absolute Gasteiger partial charge is 0.359 e. The van der Waals surface area contributed by atoms with E-state index in [2.05, 4.69) is 10.6 Å². The van der Waals surface area contributed by atoms with E-state index in [1.807, 2.05) is 42.5 Å². The van der Waals surface area contributed by atoms with Gasteiger partial charge in [-0.05, 0) is 84.8 Å². The molecule has 0 aliphatic heterocycles. The van der Waals surface area contributed by atoms with Gasteiger partial charge in [-0.1, -0.05) is 36.4 Å². The minimum Gasteiger partial charge on any atom is -0.359 e. The number of carbonyl (C=O) groups excluding carboxylic acids is 1. The van der Waals surface area contributed by atoms with Crippen molar-refractivity contribution in [2.24, 2.45) is 23.7 Å². The Balaban J connectivity index is 1.29. The molecule has 2 aromatic carbocycles. The molecule has 1 amide bonds. The number of amides is 1. The van der Waals surface area contributed by atoms with Crippen molar-refractivity contribution in [3.8, 4) is 0 Å². The van der Waals surface area contributed by atoms with E-state index in [-0.39, 0.29) is 5.91 Å². The number of benzene rings is 2. The third-order valence-corrected chi connectivity index (χ3v) is 7.01. The second-order valence-corrected chi connectivity index (χ2v) is 8.82. The topological polar surface area (TPSA) is 41.1 Å². The Bertz CT molecular complexity index is 844. The van der Waals surface area contributed by atoms with Crippen LogP contribution in [0, 0.1) is 23.7 Å². The van der Waals surface area contributed by atoms with Crippen molar-refractivity contribution in [1.82, 2.24) is 10.6 Å². The van der Waals surface area contributed by atoms with E-state index < -0.39 is 0 Å². The number of fused-ring (bicyclic) bond motifs is 1. The molecular weight excluding hydrogens is 340 g/mol. The highest BCUT2D eigenvalue weighted by molar-refractivity contribution is 7.80. The summed E-state index contributed by atoms with van der Waals surface area (Å²) in [6.07, 6.45) is 6.80. The fourth-order valence-corrected chi connectivity index (χ4v) is 6.17. The second kappa shape index (κ2) is 6.34. The zero-order valence-electron chi connectivity index (χ0n) is 14.8. The van der Waals surface area contributed by atoms with Crippen LogP contribution in [0.25, 0.3) is 10.8 Å². The molecule has 2 N–H and O–H groups in total. The van der Waals surface area contributed by atoms with Gasteiger partial charge in [-0.3, -0.25) is 10.1 Å². The maximum Gasteiger partial charge on any atom is 0.258 e. The maximum absolute atomic E-state index is 12.8. The first-order valence-corrected chi connectivity index (χ1v) is 10.2. The summed E-state index contributed by atoms with van der Waals surface area (Å²) >= 11 is 5.51. The minimum absolute atomic E-state index is 0.122. The van der Waals surface area contributed by atoms with Crippen LogP contribution in [0.4, 0.5) is 0 Å². The number of rotatable bonds is 2. The van der Waals surface area contributed by atoms with Crippen molar-refractivity contribution in [1.29, 1.82) is 0 Å². The summed E-state index contributed by atoms with van der Waals surface area (Å²) in [5, 5.41) is 8.96. The number of hydrogen-bond acceptors (Lipinski definition) is 2.